The topological polar surface area (TPSA) is 42.4 Å². The highest BCUT2D eigenvalue weighted by Gasteiger charge is 2.30. The molecule has 2 heterocycles. The van der Waals surface area contributed by atoms with Crippen LogP contribution in [0.1, 0.15) is 52.8 Å². The summed E-state index contributed by atoms with van der Waals surface area (Å²) in [4.78, 5) is 18.9. The average molecular weight is 290 g/mol. The number of rotatable bonds is 2. The normalized spacial score (nSPS) is 15.0. The molecule has 0 radical (unpaired) electrons. The van der Waals surface area contributed by atoms with E-state index in [1.807, 2.05) is 26.8 Å². The molecule has 0 amide bonds. The third kappa shape index (κ3) is 3.96. The van der Waals surface area contributed by atoms with E-state index < -0.39 is 5.60 Å². The van der Waals surface area contributed by atoms with Crippen molar-refractivity contribution in [2.24, 2.45) is 0 Å². The summed E-state index contributed by atoms with van der Waals surface area (Å²) in [5.74, 6) is 0.791. The van der Waals surface area contributed by atoms with E-state index >= 15 is 0 Å². The van der Waals surface area contributed by atoms with Gasteiger partial charge in [0.1, 0.15) is 11.4 Å². The highest BCUT2D eigenvalue weighted by atomic mass is 16.6. The summed E-state index contributed by atoms with van der Waals surface area (Å²) in [6.45, 7) is 13.2. The van der Waals surface area contributed by atoms with Crippen molar-refractivity contribution >= 4 is 11.8 Å². The Morgan fingerprint density at radius 3 is 2.48 bits per heavy atom. The third-order valence-electron chi connectivity index (χ3n) is 3.43. The number of nitrogens with zero attached hydrogens (tertiary/aromatic N) is 2. The maximum absolute atomic E-state index is 11.9. The molecule has 0 aliphatic carbocycles. The molecule has 21 heavy (non-hydrogen) atoms. The van der Waals surface area contributed by atoms with Gasteiger partial charge in [0, 0.05) is 12.1 Å². The van der Waals surface area contributed by atoms with Gasteiger partial charge in [0.2, 0.25) is 0 Å². The second-order valence-corrected chi connectivity index (χ2v) is 7.62. The molecule has 116 valence electrons. The maximum atomic E-state index is 11.9. The lowest BCUT2D eigenvalue weighted by atomic mass is 10.1. The Hall–Kier alpha value is -1.58. The predicted octanol–water partition coefficient (Wildman–Crippen LogP) is 3.13. The Balaban J connectivity index is 2.16. The summed E-state index contributed by atoms with van der Waals surface area (Å²) < 4.78 is 5.36. The van der Waals surface area contributed by atoms with Crippen LogP contribution in [0.25, 0.3) is 0 Å². The van der Waals surface area contributed by atoms with Gasteiger partial charge in [0.05, 0.1) is 12.1 Å². The van der Waals surface area contributed by atoms with E-state index in [1.54, 1.807) is 0 Å². The number of pyridine rings is 1. The first-order valence-electron chi connectivity index (χ1n) is 7.54. The predicted molar refractivity (Wildman–Crippen MR) is 84.6 cm³/mol. The molecule has 1 aliphatic heterocycles. The second-order valence-electron chi connectivity index (χ2n) is 7.62. The van der Waals surface area contributed by atoms with Crippen LogP contribution >= 0.6 is 0 Å². The molecule has 4 heteroatoms. The van der Waals surface area contributed by atoms with Crippen LogP contribution in [0.2, 0.25) is 0 Å². The summed E-state index contributed by atoms with van der Waals surface area (Å²) in [5, 5.41) is 0. The molecular weight excluding hydrogens is 264 g/mol. The van der Waals surface area contributed by atoms with Gasteiger partial charge < -0.3 is 9.64 Å². The van der Waals surface area contributed by atoms with Crippen LogP contribution in [0.4, 0.5) is 5.82 Å². The lowest BCUT2D eigenvalue weighted by molar-refractivity contribution is -0.153. The quantitative estimate of drug-likeness (QED) is 0.785. The molecule has 0 bridgehead atoms. The number of anilines is 1. The Morgan fingerprint density at radius 1 is 1.24 bits per heavy atom. The van der Waals surface area contributed by atoms with Crippen LogP contribution in [0, 0.1) is 0 Å². The largest absolute Gasteiger partial charge is 0.460 e. The molecule has 0 atom stereocenters. The molecule has 0 saturated heterocycles. The lowest BCUT2D eigenvalue weighted by Gasteiger charge is -2.33. The smallest absolute Gasteiger partial charge is 0.312 e. The van der Waals surface area contributed by atoms with Crippen molar-refractivity contribution in [1.29, 1.82) is 0 Å². The zero-order valence-corrected chi connectivity index (χ0v) is 14.0. The standard InChI is InChI=1S/C17H26N2O2/c1-16(2,3)19-10-9-12-7-8-13(18-15(12)19)11-14(20)21-17(4,5)6/h7-8H,9-11H2,1-6H3. The van der Waals surface area contributed by atoms with Crippen LogP contribution < -0.4 is 4.90 Å². The van der Waals surface area contributed by atoms with Crippen molar-refractivity contribution in [3.63, 3.8) is 0 Å². The van der Waals surface area contributed by atoms with Crippen molar-refractivity contribution in [1.82, 2.24) is 4.98 Å². The molecule has 0 N–H and O–H groups in total. The maximum Gasteiger partial charge on any atom is 0.312 e. The fourth-order valence-corrected chi connectivity index (χ4v) is 2.56. The molecule has 0 saturated carbocycles. The Kier molecular flexibility index (Phi) is 4.00. The van der Waals surface area contributed by atoms with E-state index in [2.05, 4.69) is 31.7 Å². The van der Waals surface area contributed by atoms with E-state index in [0.717, 1.165) is 24.5 Å². The van der Waals surface area contributed by atoms with Gasteiger partial charge in [-0.1, -0.05) is 6.07 Å². The Bertz CT molecular complexity index is 539. The van der Waals surface area contributed by atoms with Gasteiger partial charge in [-0.2, -0.15) is 0 Å². The minimum atomic E-state index is -0.453. The first-order valence-corrected chi connectivity index (χ1v) is 7.54. The van der Waals surface area contributed by atoms with E-state index in [1.165, 1.54) is 5.56 Å². The molecule has 2 rings (SSSR count). The summed E-state index contributed by atoms with van der Waals surface area (Å²) in [6.07, 6.45) is 1.24. The highest BCUT2D eigenvalue weighted by Crippen LogP contribution is 2.32. The van der Waals surface area contributed by atoms with Crippen molar-refractivity contribution in [2.45, 2.75) is 65.5 Å². The van der Waals surface area contributed by atoms with E-state index in [4.69, 9.17) is 9.72 Å². The van der Waals surface area contributed by atoms with Crippen LogP contribution in [-0.4, -0.2) is 28.6 Å². The zero-order valence-electron chi connectivity index (χ0n) is 14.0. The van der Waals surface area contributed by atoms with Gasteiger partial charge in [-0.15, -0.1) is 0 Å². The number of hydrogen-bond donors (Lipinski definition) is 0. The molecule has 1 aliphatic rings. The van der Waals surface area contributed by atoms with Gasteiger partial charge in [-0.05, 0) is 59.6 Å². The minimum Gasteiger partial charge on any atom is -0.460 e. The SMILES string of the molecule is CC(C)(C)OC(=O)Cc1ccc2c(n1)N(C(C)(C)C)CC2. The minimum absolute atomic E-state index is 0.0444. The van der Waals surface area contributed by atoms with Crippen molar-refractivity contribution in [3.05, 3.63) is 23.4 Å². The summed E-state index contributed by atoms with van der Waals surface area (Å²) >= 11 is 0. The van der Waals surface area contributed by atoms with Gasteiger partial charge in [-0.25, -0.2) is 4.98 Å². The van der Waals surface area contributed by atoms with Gasteiger partial charge in [-0.3, -0.25) is 4.79 Å². The number of fused-ring (bicyclic) bond motifs is 1. The van der Waals surface area contributed by atoms with Crippen molar-refractivity contribution in [2.75, 3.05) is 11.4 Å². The van der Waals surface area contributed by atoms with E-state index in [9.17, 15) is 4.79 Å². The van der Waals surface area contributed by atoms with Crippen LogP contribution in [0.15, 0.2) is 12.1 Å². The van der Waals surface area contributed by atoms with Crippen LogP contribution in [0.3, 0.4) is 0 Å². The summed E-state index contributed by atoms with van der Waals surface area (Å²) in [6, 6.07) is 4.03. The van der Waals surface area contributed by atoms with Gasteiger partial charge >= 0.3 is 5.97 Å². The van der Waals surface area contributed by atoms with Gasteiger partial charge in [0.15, 0.2) is 0 Å². The molecule has 1 aromatic rings. The molecule has 0 spiro atoms. The first kappa shape index (κ1) is 15.8. The van der Waals surface area contributed by atoms with Gasteiger partial charge in [0.25, 0.3) is 0 Å². The third-order valence-corrected chi connectivity index (χ3v) is 3.43. The Labute approximate surface area is 127 Å². The fourth-order valence-electron chi connectivity index (χ4n) is 2.56. The number of carbonyl (C=O) groups is 1. The summed E-state index contributed by atoms with van der Waals surface area (Å²) in [7, 11) is 0. The molecule has 0 unspecified atom stereocenters. The molecular formula is C17H26N2O2. The second kappa shape index (κ2) is 5.32. The van der Waals surface area contributed by atoms with Crippen molar-refractivity contribution < 1.29 is 9.53 Å². The van der Waals surface area contributed by atoms with Crippen LogP contribution in [0.5, 0.6) is 0 Å². The monoisotopic (exact) mass is 290 g/mol. The van der Waals surface area contributed by atoms with E-state index in [-0.39, 0.29) is 17.9 Å². The number of aromatic nitrogens is 1. The molecule has 1 aromatic heterocycles. The highest BCUT2D eigenvalue weighted by molar-refractivity contribution is 5.72. The number of esters is 1. The van der Waals surface area contributed by atoms with Crippen molar-refractivity contribution in [3.8, 4) is 0 Å². The number of carbonyl (C=O) groups excluding carboxylic acids is 1. The molecule has 0 fully saturated rings. The van der Waals surface area contributed by atoms with E-state index in [0.29, 0.717) is 0 Å². The number of ether oxygens (including phenoxy) is 1. The number of hydrogen-bond acceptors (Lipinski definition) is 4. The average Bonchev–Trinajstić information content (AvgIpc) is 2.68. The molecule has 4 nitrogen and oxygen atoms in total. The Morgan fingerprint density at radius 2 is 1.90 bits per heavy atom. The fraction of sp³-hybridized carbons (Fsp3) is 0.647. The summed E-state index contributed by atoms with van der Waals surface area (Å²) in [5.41, 5.74) is 1.63. The molecule has 0 aromatic carbocycles. The van der Waals surface area contributed by atoms with Crippen LogP contribution in [-0.2, 0) is 22.4 Å². The zero-order chi connectivity index (χ0) is 15.8. The lowest BCUT2D eigenvalue weighted by Crippen LogP contribution is -2.40. The first-order chi connectivity index (χ1) is 9.56.